The molecular weight excluding hydrogens is 264 g/mol. The molecule has 0 amide bonds. The molecule has 1 aromatic carbocycles. The highest BCUT2D eigenvalue weighted by Gasteiger charge is 2.16. The van der Waals surface area contributed by atoms with E-state index in [1.54, 1.807) is 25.1 Å². The molecule has 2 aromatic rings. The van der Waals surface area contributed by atoms with Gasteiger partial charge in [-0.15, -0.1) is 0 Å². The van der Waals surface area contributed by atoms with Gasteiger partial charge in [-0.3, -0.25) is 0 Å². The lowest BCUT2D eigenvalue weighted by atomic mass is 10.2. The van der Waals surface area contributed by atoms with E-state index in [9.17, 15) is 8.42 Å². The summed E-state index contributed by atoms with van der Waals surface area (Å²) in [6.45, 7) is 2.06. The summed E-state index contributed by atoms with van der Waals surface area (Å²) in [7, 11) is -3.37. The predicted octanol–water partition coefficient (Wildman–Crippen LogP) is 1.92. The molecule has 0 fully saturated rings. The van der Waals surface area contributed by atoms with Crippen LogP contribution >= 0.6 is 11.6 Å². The van der Waals surface area contributed by atoms with Crippen molar-refractivity contribution in [3.8, 4) is 0 Å². The molecule has 92 valence electrons. The van der Waals surface area contributed by atoms with Crippen molar-refractivity contribution < 1.29 is 12.9 Å². The van der Waals surface area contributed by atoms with Crippen LogP contribution in [0.25, 0.3) is 11.0 Å². The first-order valence-electron chi connectivity index (χ1n) is 5.03. The zero-order chi connectivity index (χ0) is 12.5. The first-order chi connectivity index (χ1) is 8.02. The van der Waals surface area contributed by atoms with Gasteiger partial charge in [-0.2, -0.15) is 0 Å². The maximum absolute atomic E-state index is 11.6. The third kappa shape index (κ3) is 2.77. The van der Waals surface area contributed by atoms with Crippen LogP contribution in [0.1, 0.15) is 12.6 Å². The zero-order valence-corrected chi connectivity index (χ0v) is 10.7. The summed E-state index contributed by atoms with van der Waals surface area (Å²) in [5.41, 5.74) is 0.888. The van der Waals surface area contributed by atoms with Gasteiger partial charge in [-0.1, -0.05) is 23.7 Å². The molecule has 0 saturated heterocycles. The Labute approximate surface area is 104 Å². The summed E-state index contributed by atoms with van der Waals surface area (Å²) in [5, 5.41) is 4.89. The number of benzene rings is 1. The van der Waals surface area contributed by atoms with Crippen LogP contribution in [0, 0.1) is 0 Å². The quantitative estimate of drug-likeness (QED) is 0.924. The van der Waals surface area contributed by atoms with Crippen LogP contribution in [0.15, 0.2) is 22.7 Å². The molecule has 0 saturated carbocycles. The predicted molar refractivity (Wildman–Crippen MR) is 65.3 cm³/mol. The zero-order valence-electron chi connectivity index (χ0n) is 9.10. The SMILES string of the molecule is CCNS(=O)(=O)Cc1noc2ccc(Cl)cc12. The molecule has 0 bridgehead atoms. The summed E-state index contributed by atoms with van der Waals surface area (Å²) >= 11 is 5.85. The van der Waals surface area contributed by atoms with E-state index in [-0.39, 0.29) is 5.75 Å². The van der Waals surface area contributed by atoms with Gasteiger partial charge in [0.25, 0.3) is 0 Å². The van der Waals surface area contributed by atoms with Crippen LogP contribution in [0.4, 0.5) is 0 Å². The van der Waals surface area contributed by atoms with Crippen LogP contribution in [0.5, 0.6) is 0 Å². The molecule has 2 rings (SSSR count). The Kier molecular flexibility index (Phi) is 3.37. The van der Waals surface area contributed by atoms with Crippen molar-refractivity contribution in [3.63, 3.8) is 0 Å². The van der Waals surface area contributed by atoms with Crippen LogP contribution in [0.2, 0.25) is 5.02 Å². The fraction of sp³-hybridized carbons (Fsp3) is 0.300. The van der Waals surface area contributed by atoms with Gasteiger partial charge in [0.1, 0.15) is 11.4 Å². The summed E-state index contributed by atoms with van der Waals surface area (Å²) in [6.07, 6.45) is 0. The third-order valence-corrected chi connectivity index (χ3v) is 3.81. The van der Waals surface area contributed by atoms with Gasteiger partial charge in [0, 0.05) is 17.0 Å². The van der Waals surface area contributed by atoms with Crippen LogP contribution in [-0.4, -0.2) is 20.1 Å². The number of nitrogens with one attached hydrogen (secondary N) is 1. The van der Waals surface area contributed by atoms with E-state index in [0.717, 1.165) is 0 Å². The number of aromatic nitrogens is 1. The summed E-state index contributed by atoms with van der Waals surface area (Å²) in [4.78, 5) is 0. The Morgan fingerprint density at radius 2 is 2.24 bits per heavy atom. The number of fused-ring (bicyclic) bond motifs is 1. The van der Waals surface area contributed by atoms with E-state index in [4.69, 9.17) is 16.1 Å². The number of halogens is 1. The fourth-order valence-corrected chi connectivity index (χ4v) is 2.80. The monoisotopic (exact) mass is 274 g/mol. The largest absolute Gasteiger partial charge is 0.356 e. The second kappa shape index (κ2) is 4.64. The molecule has 0 spiro atoms. The van der Waals surface area contributed by atoms with Gasteiger partial charge in [-0.05, 0) is 18.2 Å². The molecule has 1 N–H and O–H groups in total. The average molecular weight is 275 g/mol. The number of hydrogen-bond donors (Lipinski definition) is 1. The average Bonchev–Trinajstić information content (AvgIpc) is 2.60. The van der Waals surface area contributed by atoms with Gasteiger partial charge in [-0.25, -0.2) is 13.1 Å². The van der Waals surface area contributed by atoms with E-state index < -0.39 is 10.0 Å². The lowest BCUT2D eigenvalue weighted by molar-refractivity contribution is 0.448. The summed E-state index contributed by atoms with van der Waals surface area (Å²) < 4.78 is 30.6. The van der Waals surface area contributed by atoms with Crippen LogP contribution < -0.4 is 4.72 Å². The number of sulfonamides is 1. The van der Waals surface area contributed by atoms with Gasteiger partial charge in [0.05, 0.1) is 0 Å². The number of hydrogen-bond acceptors (Lipinski definition) is 4. The summed E-state index contributed by atoms with van der Waals surface area (Å²) in [5.74, 6) is -0.214. The maximum atomic E-state index is 11.6. The van der Waals surface area contributed by atoms with Crippen molar-refractivity contribution in [2.24, 2.45) is 0 Å². The molecule has 0 radical (unpaired) electrons. The number of rotatable bonds is 4. The van der Waals surface area contributed by atoms with E-state index in [2.05, 4.69) is 9.88 Å². The van der Waals surface area contributed by atoms with Crippen molar-refractivity contribution >= 4 is 32.6 Å². The van der Waals surface area contributed by atoms with Gasteiger partial charge in [0.15, 0.2) is 5.58 Å². The molecular formula is C10H11ClN2O3S. The third-order valence-electron chi connectivity index (χ3n) is 2.20. The van der Waals surface area contributed by atoms with E-state index in [1.807, 2.05) is 0 Å². The topological polar surface area (TPSA) is 72.2 Å². The molecule has 0 aliphatic heterocycles. The van der Waals surface area contributed by atoms with Crippen molar-refractivity contribution in [2.75, 3.05) is 6.54 Å². The molecule has 7 heteroatoms. The first-order valence-corrected chi connectivity index (χ1v) is 7.06. The molecule has 0 aliphatic rings. The highest BCUT2D eigenvalue weighted by atomic mass is 35.5. The maximum Gasteiger partial charge on any atom is 0.217 e. The minimum Gasteiger partial charge on any atom is -0.356 e. The van der Waals surface area contributed by atoms with E-state index in [1.165, 1.54) is 0 Å². The number of nitrogens with zero attached hydrogens (tertiary/aromatic N) is 1. The molecule has 17 heavy (non-hydrogen) atoms. The lowest BCUT2D eigenvalue weighted by Crippen LogP contribution is -2.24. The minimum atomic E-state index is -3.37. The molecule has 0 aliphatic carbocycles. The Bertz CT molecular complexity index is 636. The Balaban J connectivity index is 2.40. The lowest BCUT2D eigenvalue weighted by Gasteiger charge is -2.01. The Hall–Kier alpha value is -1.11. The van der Waals surface area contributed by atoms with Crippen molar-refractivity contribution in [2.45, 2.75) is 12.7 Å². The van der Waals surface area contributed by atoms with Gasteiger partial charge in [0.2, 0.25) is 10.0 Å². The minimum absolute atomic E-state index is 0.214. The second-order valence-corrected chi connectivity index (χ2v) is 5.77. The molecule has 5 nitrogen and oxygen atoms in total. The van der Waals surface area contributed by atoms with Crippen LogP contribution in [-0.2, 0) is 15.8 Å². The summed E-state index contributed by atoms with van der Waals surface area (Å²) in [6, 6.07) is 4.97. The molecule has 1 aromatic heterocycles. The Morgan fingerprint density at radius 1 is 1.47 bits per heavy atom. The van der Waals surface area contributed by atoms with Crippen LogP contribution in [0.3, 0.4) is 0 Å². The van der Waals surface area contributed by atoms with Crippen molar-refractivity contribution in [1.29, 1.82) is 0 Å². The van der Waals surface area contributed by atoms with E-state index in [0.29, 0.717) is 28.2 Å². The fourth-order valence-electron chi connectivity index (χ4n) is 1.52. The standard InChI is InChI=1S/C10H11ClN2O3S/c1-2-12-17(14,15)6-9-8-5-7(11)3-4-10(8)16-13-9/h3-5,12H,2,6H2,1H3. The molecule has 1 heterocycles. The highest BCUT2D eigenvalue weighted by Crippen LogP contribution is 2.23. The highest BCUT2D eigenvalue weighted by molar-refractivity contribution is 7.88. The van der Waals surface area contributed by atoms with E-state index >= 15 is 0 Å². The van der Waals surface area contributed by atoms with Crippen molar-refractivity contribution in [3.05, 3.63) is 28.9 Å². The second-order valence-electron chi connectivity index (χ2n) is 3.53. The molecule has 0 unspecified atom stereocenters. The normalized spacial score (nSPS) is 12.1. The van der Waals surface area contributed by atoms with Gasteiger partial charge < -0.3 is 4.52 Å². The smallest absolute Gasteiger partial charge is 0.217 e. The van der Waals surface area contributed by atoms with Crippen molar-refractivity contribution in [1.82, 2.24) is 9.88 Å². The molecule has 0 atom stereocenters. The van der Waals surface area contributed by atoms with Gasteiger partial charge >= 0.3 is 0 Å². The first kappa shape index (κ1) is 12.3. The Morgan fingerprint density at radius 3 is 2.94 bits per heavy atom.